The number of likely N-dealkylation sites (N-methyl/N-ethyl adjacent to an activating group) is 1. The van der Waals surface area contributed by atoms with Crippen molar-refractivity contribution in [2.75, 3.05) is 38.1 Å². The van der Waals surface area contributed by atoms with Gasteiger partial charge in [0.15, 0.2) is 0 Å². The lowest BCUT2D eigenvalue weighted by Crippen LogP contribution is -2.45. The molecule has 0 atom stereocenters. The van der Waals surface area contributed by atoms with Crippen LogP contribution in [0.3, 0.4) is 0 Å². The van der Waals surface area contributed by atoms with Gasteiger partial charge in [-0.05, 0) is 42.9 Å². The van der Waals surface area contributed by atoms with E-state index in [9.17, 15) is 9.18 Å². The number of rotatable bonds is 5. The molecule has 1 N–H and O–H groups in total. The molecule has 1 amide bonds. The van der Waals surface area contributed by atoms with Crippen molar-refractivity contribution in [3.63, 3.8) is 0 Å². The number of halogens is 1. The maximum Gasteiger partial charge on any atom is 0.270 e. The monoisotopic (exact) mass is 393 g/mol. The van der Waals surface area contributed by atoms with Crippen LogP contribution in [-0.4, -0.2) is 53.6 Å². The van der Waals surface area contributed by atoms with Crippen molar-refractivity contribution in [2.45, 2.75) is 6.54 Å². The van der Waals surface area contributed by atoms with Gasteiger partial charge < -0.3 is 15.1 Å². The zero-order valence-electron chi connectivity index (χ0n) is 16.4. The molecule has 7 heteroatoms. The van der Waals surface area contributed by atoms with Crippen LogP contribution < -0.4 is 10.2 Å². The van der Waals surface area contributed by atoms with Crippen molar-refractivity contribution in [3.05, 3.63) is 78.1 Å². The van der Waals surface area contributed by atoms with Crippen LogP contribution in [0.2, 0.25) is 0 Å². The number of imidazole rings is 1. The number of nitrogens with one attached hydrogen (secondary N) is 1. The number of hydrogen-bond acceptors (Lipinski definition) is 4. The standard InChI is InChI=1S/C22H24FN5O/c1-26-10-12-27(13-11-26)20-5-3-2-4-17(20)14-25-22(29)21-15-24-16-28(21)19-8-6-18(23)7-9-19/h2-9,15-16H,10-14H2,1H3,(H,25,29). The number of benzene rings is 2. The third-order valence-corrected chi connectivity index (χ3v) is 5.25. The summed E-state index contributed by atoms with van der Waals surface area (Å²) >= 11 is 0. The number of carbonyl (C=O) groups is 1. The fourth-order valence-corrected chi connectivity index (χ4v) is 3.55. The van der Waals surface area contributed by atoms with Crippen molar-refractivity contribution in [1.82, 2.24) is 19.8 Å². The number of nitrogens with zero attached hydrogens (tertiary/aromatic N) is 4. The van der Waals surface area contributed by atoms with Crippen molar-refractivity contribution in [2.24, 2.45) is 0 Å². The Bertz CT molecular complexity index is 977. The molecule has 1 aromatic heterocycles. The molecule has 150 valence electrons. The third kappa shape index (κ3) is 4.30. The summed E-state index contributed by atoms with van der Waals surface area (Å²) in [7, 11) is 2.13. The van der Waals surface area contributed by atoms with E-state index in [1.54, 1.807) is 23.0 Å². The number of aromatic nitrogens is 2. The number of carbonyl (C=O) groups excluding carboxylic acids is 1. The second-order valence-electron chi connectivity index (χ2n) is 7.23. The molecule has 0 bridgehead atoms. The molecule has 0 radical (unpaired) electrons. The lowest BCUT2D eigenvalue weighted by molar-refractivity contribution is 0.0944. The molecule has 2 heterocycles. The minimum Gasteiger partial charge on any atom is -0.369 e. The largest absolute Gasteiger partial charge is 0.369 e. The Kier molecular flexibility index (Phi) is 5.57. The van der Waals surface area contributed by atoms with Gasteiger partial charge in [-0.3, -0.25) is 9.36 Å². The van der Waals surface area contributed by atoms with Gasteiger partial charge in [0, 0.05) is 44.1 Å². The normalized spacial score (nSPS) is 14.8. The van der Waals surface area contributed by atoms with Gasteiger partial charge in [0.2, 0.25) is 0 Å². The molecule has 4 rings (SSSR count). The first kappa shape index (κ1) is 19.1. The Labute approximate surface area is 169 Å². The second kappa shape index (κ2) is 8.45. The van der Waals surface area contributed by atoms with Gasteiger partial charge in [0.05, 0.1) is 12.5 Å². The van der Waals surface area contributed by atoms with Crippen LogP contribution in [0.25, 0.3) is 5.69 Å². The lowest BCUT2D eigenvalue weighted by atomic mass is 10.1. The van der Waals surface area contributed by atoms with E-state index in [-0.39, 0.29) is 11.7 Å². The van der Waals surface area contributed by atoms with E-state index in [2.05, 4.69) is 33.2 Å². The predicted molar refractivity (Wildman–Crippen MR) is 111 cm³/mol. The van der Waals surface area contributed by atoms with Gasteiger partial charge in [0.1, 0.15) is 11.5 Å². The third-order valence-electron chi connectivity index (χ3n) is 5.25. The highest BCUT2D eigenvalue weighted by molar-refractivity contribution is 5.93. The van der Waals surface area contributed by atoms with Crippen molar-refractivity contribution in [1.29, 1.82) is 0 Å². The maximum absolute atomic E-state index is 13.2. The van der Waals surface area contributed by atoms with Crippen molar-refractivity contribution < 1.29 is 9.18 Å². The SMILES string of the molecule is CN1CCN(c2ccccc2CNC(=O)c2cncn2-c2ccc(F)cc2)CC1. The van der Waals surface area contributed by atoms with E-state index < -0.39 is 0 Å². The molecule has 1 saturated heterocycles. The topological polar surface area (TPSA) is 53.4 Å². The van der Waals surface area contributed by atoms with Gasteiger partial charge in [-0.2, -0.15) is 0 Å². The summed E-state index contributed by atoms with van der Waals surface area (Å²) < 4.78 is 14.9. The first-order chi connectivity index (χ1) is 14.1. The molecular weight excluding hydrogens is 369 g/mol. The fraction of sp³-hybridized carbons (Fsp3) is 0.273. The van der Waals surface area contributed by atoms with E-state index in [1.165, 1.54) is 18.3 Å². The highest BCUT2D eigenvalue weighted by atomic mass is 19.1. The Balaban J connectivity index is 1.48. The first-order valence-electron chi connectivity index (χ1n) is 9.70. The van der Waals surface area contributed by atoms with Crippen LogP contribution in [0, 0.1) is 5.82 Å². The number of anilines is 1. The first-order valence-corrected chi connectivity index (χ1v) is 9.70. The summed E-state index contributed by atoms with van der Waals surface area (Å²) in [6.45, 7) is 4.42. The van der Waals surface area contributed by atoms with Gasteiger partial charge in [-0.25, -0.2) is 9.37 Å². The van der Waals surface area contributed by atoms with E-state index in [1.807, 2.05) is 18.2 Å². The number of hydrogen-bond donors (Lipinski definition) is 1. The Morgan fingerprint density at radius 2 is 1.79 bits per heavy atom. The zero-order chi connectivity index (χ0) is 20.2. The van der Waals surface area contributed by atoms with Gasteiger partial charge >= 0.3 is 0 Å². The number of para-hydroxylation sites is 1. The molecule has 0 aliphatic carbocycles. The summed E-state index contributed by atoms with van der Waals surface area (Å²) in [4.78, 5) is 21.6. The van der Waals surface area contributed by atoms with Crippen LogP contribution in [0.1, 0.15) is 16.1 Å². The van der Waals surface area contributed by atoms with Gasteiger partial charge in [-0.15, -0.1) is 0 Å². The van der Waals surface area contributed by atoms with Crippen LogP contribution in [-0.2, 0) is 6.54 Å². The molecule has 1 fully saturated rings. The van der Waals surface area contributed by atoms with Crippen molar-refractivity contribution >= 4 is 11.6 Å². The molecule has 29 heavy (non-hydrogen) atoms. The number of piperazine rings is 1. The van der Waals surface area contributed by atoms with Crippen LogP contribution in [0.15, 0.2) is 61.1 Å². The summed E-state index contributed by atoms with van der Waals surface area (Å²) in [6.07, 6.45) is 3.07. The van der Waals surface area contributed by atoms with Crippen LogP contribution in [0.4, 0.5) is 10.1 Å². The minimum atomic E-state index is -0.319. The maximum atomic E-state index is 13.2. The quantitative estimate of drug-likeness (QED) is 0.724. The minimum absolute atomic E-state index is 0.222. The zero-order valence-corrected chi connectivity index (χ0v) is 16.4. The summed E-state index contributed by atoms with van der Waals surface area (Å²) in [6, 6.07) is 14.1. The molecule has 2 aromatic carbocycles. The van der Waals surface area contributed by atoms with E-state index in [0.717, 1.165) is 37.4 Å². The predicted octanol–water partition coefficient (Wildman–Crippen LogP) is 2.69. The Hall–Kier alpha value is -3.19. The van der Waals surface area contributed by atoms with Crippen molar-refractivity contribution in [3.8, 4) is 5.69 Å². The molecule has 0 saturated carbocycles. The highest BCUT2D eigenvalue weighted by Gasteiger charge is 2.18. The van der Waals surface area contributed by atoms with Gasteiger partial charge in [-0.1, -0.05) is 18.2 Å². The van der Waals surface area contributed by atoms with E-state index >= 15 is 0 Å². The molecule has 1 aliphatic rings. The van der Waals surface area contributed by atoms with E-state index in [0.29, 0.717) is 17.9 Å². The Morgan fingerprint density at radius 1 is 1.07 bits per heavy atom. The Morgan fingerprint density at radius 3 is 2.55 bits per heavy atom. The molecular formula is C22H24FN5O. The lowest BCUT2D eigenvalue weighted by Gasteiger charge is -2.35. The molecule has 0 spiro atoms. The second-order valence-corrected chi connectivity index (χ2v) is 7.23. The smallest absolute Gasteiger partial charge is 0.270 e. The summed E-state index contributed by atoms with van der Waals surface area (Å²) in [5.74, 6) is -0.541. The molecule has 6 nitrogen and oxygen atoms in total. The molecule has 1 aliphatic heterocycles. The van der Waals surface area contributed by atoms with Gasteiger partial charge in [0.25, 0.3) is 5.91 Å². The summed E-state index contributed by atoms with van der Waals surface area (Å²) in [5.41, 5.74) is 3.34. The van der Waals surface area contributed by atoms with Crippen LogP contribution >= 0.6 is 0 Å². The number of amides is 1. The highest BCUT2D eigenvalue weighted by Crippen LogP contribution is 2.22. The van der Waals surface area contributed by atoms with E-state index in [4.69, 9.17) is 0 Å². The molecule has 3 aromatic rings. The molecule has 0 unspecified atom stereocenters. The summed E-state index contributed by atoms with van der Waals surface area (Å²) in [5, 5.41) is 3.00. The average Bonchev–Trinajstić information content (AvgIpc) is 3.23. The average molecular weight is 393 g/mol. The van der Waals surface area contributed by atoms with Crippen LogP contribution in [0.5, 0.6) is 0 Å². The fourth-order valence-electron chi connectivity index (χ4n) is 3.55.